The first-order valence-electron chi connectivity index (χ1n) is 10.1. The Hall–Kier alpha value is -3.38. The summed E-state index contributed by atoms with van der Waals surface area (Å²) in [5, 5.41) is 10.9. The summed E-state index contributed by atoms with van der Waals surface area (Å²) in [4.78, 5) is 12.9. The Morgan fingerprint density at radius 2 is 1.53 bits per heavy atom. The van der Waals surface area contributed by atoms with Crippen molar-refractivity contribution < 1.29 is 14.4 Å². The second-order valence-corrected chi connectivity index (χ2v) is 7.41. The van der Waals surface area contributed by atoms with Crippen LogP contribution in [0.25, 0.3) is 0 Å². The molecule has 1 aliphatic rings. The maximum Gasteiger partial charge on any atom is 0.269 e. The molecule has 4 rings (SSSR count). The molecule has 6 heteroatoms. The van der Waals surface area contributed by atoms with Crippen LogP contribution >= 0.6 is 0 Å². The molecule has 30 heavy (non-hydrogen) atoms. The first kappa shape index (κ1) is 19.9. The van der Waals surface area contributed by atoms with Gasteiger partial charge in [-0.1, -0.05) is 48.5 Å². The minimum atomic E-state index is -0.367. The van der Waals surface area contributed by atoms with Crippen molar-refractivity contribution in [3.8, 4) is 11.5 Å². The number of ether oxygens (including phenoxy) is 2. The average Bonchev–Trinajstić information content (AvgIpc) is 3.23. The largest absolute Gasteiger partial charge is 0.454 e. The van der Waals surface area contributed by atoms with Gasteiger partial charge in [-0.3, -0.25) is 15.0 Å². The van der Waals surface area contributed by atoms with Crippen molar-refractivity contribution >= 4 is 5.69 Å². The van der Waals surface area contributed by atoms with Crippen molar-refractivity contribution in [1.29, 1.82) is 0 Å². The molecule has 3 aromatic rings. The van der Waals surface area contributed by atoms with Crippen LogP contribution in [0.4, 0.5) is 5.69 Å². The number of hydrogen-bond donors (Lipinski definition) is 0. The number of non-ortho nitro benzene ring substituents is 1. The molecule has 0 aliphatic carbocycles. The van der Waals surface area contributed by atoms with Crippen molar-refractivity contribution in [2.45, 2.75) is 25.9 Å². The van der Waals surface area contributed by atoms with E-state index >= 15 is 0 Å². The van der Waals surface area contributed by atoms with Gasteiger partial charge in [0, 0.05) is 25.2 Å². The predicted molar refractivity (Wildman–Crippen MR) is 115 cm³/mol. The van der Waals surface area contributed by atoms with Gasteiger partial charge in [-0.25, -0.2) is 0 Å². The molecule has 6 nitrogen and oxygen atoms in total. The Kier molecular flexibility index (Phi) is 6.25. The fourth-order valence-electron chi connectivity index (χ4n) is 3.64. The van der Waals surface area contributed by atoms with Crippen molar-refractivity contribution in [3.05, 3.63) is 99.6 Å². The molecular weight excluding hydrogens is 380 g/mol. The monoisotopic (exact) mass is 404 g/mol. The van der Waals surface area contributed by atoms with Crippen LogP contribution in [0.2, 0.25) is 0 Å². The summed E-state index contributed by atoms with van der Waals surface area (Å²) in [7, 11) is 0. The Labute approximate surface area is 175 Å². The number of fused-ring (bicyclic) bond motifs is 1. The van der Waals surface area contributed by atoms with Crippen LogP contribution in [0.1, 0.15) is 23.1 Å². The number of rotatable bonds is 9. The maximum absolute atomic E-state index is 10.9. The molecule has 0 saturated carbocycles. The van der Waals surface area contributed by atoms with Gasteiger partial charge in [-0.15, -0.1) is 0 Å². The number of nitro benzene ring substituents is 1. The lowest BCUT2D eigenvalue weighted by atomic mass is 10.1. The molecule has 1 aliphatic heterocycles. The highest BCUT2D eigenvalue weighted by Gasteiger charge is 2.15. The third kappa shape index (κ3) is 5.15. The van der Waals surface area contributed by atoms with Gasteiger partial charge in [0.25, 0.3) is 5.69 Å². The highest BCUT2D eigenvalue weighted by atomic mass is 16.7. The molecule has 154 valence electrons. The molecule has 0 spiro atoms. The number of nitrogens with zero attached hydrogens (tertiary/aromatic N) is 2. The molecule has 1 heterocycles. The molecule has 0 radical (unpaired) electrons. The topological polar surface area (TPSA) is 64.8 Å². The number of aryl methyl sites for hydroxylation is 1. The minimum Gasteiger partial charge on any atom is -0.454 e. The van der Waals surface area contributed by atoms with E-state index in [-0.39, 0.29) is 17.4 Å². The molecule has 0 fully saturated rings. The van der Waals surface area contributed by atoms with Gasteiger partial charge >= 0.3 is 0 Å². The maximum atomic E-state index is 10.9. The van der Waals surface area contributed by atoms with Crippen LogP contribution in [0.5, 0.6) is 11.5 Å². The molecule has 0 bridgehead atoms. The SMILES string of the molecule is O=[N+]([O-])c1ccc(CN(CCCc2ccccc2)Cc2ccc3c(c2)OCO3)cc1. The van der Waals surface area contributed by atoms with Crippen LogP contribution in [0, 0.1) is 10.1 Å². The summed E-state index contributed by atoms with van der Waals surface area (Å²) >= 11 is 0. The molecular formula is C24H24N2O4. The number of nitro groups is 1. The Morgan fingerprint density at radius 3 is 2.30 bits per heavy atom. The molecule has 0 amide bonds. The van der Waals surface area contributed by atoms with Crippen LogP contribution in [0.3, 0.4) is 0 Å². The zero-order valence-corrected chi connectivity index (χ0v) is 16.7. The van der Waals surface area contributed by atoms with Crippen LogP contribution in [-0.4, -0.2) is 23.2 Å². The van der Waals surface area contributed by atoms with Crippen molar-refractivity contribution in [3.63, 3.8) is 0 Å². The highest BCUT2D eigenvalue weighted by Crippen LogP contribution is 2.33. The summed E-state index contributed by atoms with van der Waals surface area (Å²) in [6, 6.07) is 23.3. The minimum absolute atomic E-state index is 0.116. The Morgan fingerprint density at radius 1 is 0.833 bits per heavy atom. The van der Waals surface area contributed by atoms with Crippen LogP contribution in [-0.2, 0) is 19.5 Å². The van der Waals surface area contributed by atoms with E-state index in [0.29, 0.717) is 0 Å². The van der Waals surface area contributed by atoms with E-state index < -0.39 is 0 Å². The van der Waals surface area contributed by atoms with Gasteiger partial charge in [-0.05, 0) is 48.2 Å². The summed E-state index contributed by atoms with van der Waals surface area (Å²) < 4.78 is 10.9. The molecule has 0 unspecified atom stereocenters. The number of benzene rings is 3. The second kappa shape index (κ2) is 9.41. The third-order valence-corrected chi connectivity index (χ3v) is 5.18. The molecule has 0 saturated heterocycles. The first-order chi connectivity index (χ1) is 14.7. The van der Waals surface area contributed by atoms with E-state index in [9.17, 15) is 10.1 Å². The smallest absolute Gasteiger partial charge is 0.269 e. The molecule has 0 N–H and O–H groups in total. The fourth-order valence-corrected chi connectivity index (χ4v) is 3.64. The zero-order valence-electron chi connectivity index (χ0n) is 16.7. The second-order valence-electron chi connectivity index (χ2n) is 7.41. The lowest BCUT2D eigenvalue weighted by molar-refractivity contribution is -0.384. The fraction of sp³-hybridized carbons (Fsp3) is 0.250. The van der Waals surface area contributed by atoms with Crippen molar-refractivity contribution in [2.24, 2.45) is 0 Å². The van der Waals surface area contributed by atoms with E-state index in [0.717, 1.165) is 55.1 Å². The van der Waals surface area contributed by atoms with Gasteiger partial charge in [0.15, 0.2) is 11.5 Å². The Balaban J connectivity index is 1.44. The summed E-state index contributed by atoms with van der Waals surface area (Å²) in [6.45, 7) is 2.67. The van der Waals surface area contributed by atoms with Crippen molar-refractivity contribution in [1.82, 2.24) is 4.90 Å². The van der Waals surface area contributed by atoms with Crippen LogP contribution in [0.15, 0.2) is 72.8 Å². The summed E-state index contributed by atoms with van der Waals surface area (Å²) in [5.74, 6) is 1.57. The molecule has 0 atom stereocenters. The third-order valence-electron chi connectivity index (χ3n) is 5.18. The predicted octanol–water partition coefficient (Wildman–Crippen LogP) is 4.96. The van der Waals surface area contributed by atoms with Gasteiger partial charge in [-0.2, -0.15) is 0 Å². The van der Waals surface area contributed by atoms with Gasteiger partial charge < -0.3 is 9.47 Å². The molecule has 0 aromatic heterocycles. The van der Waals surface area contributed by atoms with E-state index in [2.05, 4.69) is 35.2 Å². The Bertz CT molecular complexity index is 990. The summed E-state index contributed by atoms with van der Waals surface area (Å²) in [5.41, 5.74) is 3.66. The van der Waals surface area contributed by atoms with E-state index in [1.54, 1.807) is 12.1 Å². The standard InChI is InChI=1S/C24H24N2O4/c27-26(28)22-11-8-20(9-12-22)16-25(14-4-7-19-5-2-1-3-6-19)17-21-10-13-23-24(15-21)30-18-29-23/h1-3,5-6,8-13,15H,4,7,14,16-18H2. The van der Waals surface area contributed by atoms with Gasteiger partial charge in [0.05, 0.1) is 4.92 Å². The normalized spacial score (nSPS) is 12.3. The van der Waals surface area contributed by atoms with Crippen molar-refractivity contribution in [2.75, 3.05) is 13.3 Å². The van der Waals surface area contributed by atoms with Crippen LogP contribution < -0.4 is 9.47 Å². The summed E-state index contributed by atoms with van der Waals surface area (Å²) in [6.07, 6.45) is 2.04. The van der Waals surface area contributed by atoms with E-state index in [1.807, 2.05) is 30.3 Å². The average molecular weight is 404 g/mol. The lowest BCUT2D eigenvalue weighted by Gasteiger charge is -2.23. The van der Waals surface area contributed by atoms with Gasteiger partial charge in [0.2, 0.25) is 6.79 Å². The first-order valence-corrected chi connectivity index (χ1v) is 10.1. The lowest BCUT2D eigenvalue weighted by Crippen LogP contribution is -2.24. The highest BCUT2D eigenvalue weighted by molar-refractivity contribution is 5.44. The van der Waals surface area contributed by atoms with Gasteiger partial charge in [0.1, 0.15) is 0 Å². The quantitative estimate of drug-likeness (QED) is 0.373. The zero-order chi connectivity index (χ0) is 20.8. The molecule has 3 aromatic carbocycles. The van der Waals surface area contributed by atoms with E-state index in [1.165, 1.54) is 5.56 Å². The number of hydrogen-bond acceptors (Lipinski definition) is 5. The van der Waals surface area contributed by atoms with E-state index in [4.69, 9.17) is 9.47 Å².